The fourth-order valence-corrected chi connectivity index (χ4v) is 2.60. The average Bonchev–Trinajstić information content (AvgIpc) is 2.62. The number of carbonyl (C=O) groups is 1. The summed E-state index contributed by atoms with van der Waals surface area (Å²) in [5.74, 6) is 0.788. The second-order valence-electron chi connectivity index (χ2n) is 6.67. The number of hydrazone groups is 1. The maximum atomic E-state index is 12.0. The van der Waals surface area contributed by atoms with E-state index in [1.807, 2.05) is 45.0 Å². The first kappa shape index (κ1) is 20.0. The number of rotatable bonds is 6. The maximum Gasteiger partial charge on any atom is 0.277 e. The van der Waals surface area contributed by atoms with Crippen molar-refractivity contribution in [3.63, 3.8) is 0 Å². The van der Waals surface area contributed by atoms with Gasteiger partial charge in [-0.25, -0.2) is 5.43 Å². The highest BCUT2D eigenvalue weighted by Crippen LogP contribution is 2.25. The lowest BCUT2D eigenvalue weighted by Crippen LogP contribution is -2.25. The van der Waals surface area contributed by atoms with E-state index < -0.39 is 0 Å². The number of carbonyl (C=O) groups excluding carboxylic acids is 1. The third-order valence-corrected chi connectivity index (χ3v) is 4.72. The van der Waals surface area contributed by atoms with Gasteiger partial charge in [0.25, 0.3) is 5.91 Å². The largest absolute Gasteiger partial charge is 0.484 e. The van der Waals surface area contributed by atoms with Crippen LogP contribution in [0.1, 0.15) is 48.9 Å². The van der Waals surface area contributed by atoms with Crippen LogP contribution in [-0.2, 0) is 4.79 Å². The minimum Gasteiger partial charge on any atom is -0.484 e. The first-order chi connectivity index (χ1) is 12.3. The normalized spacial score (nSPS) is 11.6. The topological polar surface area (TPSA) is 50.7 Å². The second kappa shape index (κ2) is 8.86. The number of aryl methyl sites for hydroxylation is 2. The number of halogens is 1. The van der Waals surface area contributed by atoms with E-state index >= 15 is 0 Å². The molecule has 0 radical (unpaired) electrons. The number of amides is 1. The molecule has 0 saturated carbocycles. The van der Waals surface area contributed by atoms with Crippen LogP contribution in [0.3, 0.4) is 0 Å². The van der Waals surface area contributed by atoms with Crippen molar-refractivity contribution in [3.8, 4) is 5.75 Å². The third kappa shape index (κ3) is 5.33. The van der Waals surface area contributed by atoms with Crippen LogP contribution in [0.25, 0.3) is 0 Å². The summed E-state index contributed by atoms with van der Waals surface area (Å²) in [5, 5.41) is 4.86. The molecule has 0 aliphatic rings. The van der Waals surface area contributed by atoms with Gasteiger partial charge in [-0.05, 0) is 61.1 Å². The van der Waals surface area contributed by atoms with Crippen molar-refractivity contribution in [3.05, 3.63) is 63.7 Å². The Kier molecular flexibility index (Phi) is 6.81. The average molecular weight is 373 g/mol. The lowest BCUT2D eigenvalue weighted by Gasteiger charge is -2.10. The van der Waals surface area contributed by atoms with E-state index in [9.17, 15) is 4.79 Å². The predicted molar refractivity (Wildman–Crippen MR) is 107 cm³/mol. The molecular formula is C21H25ClN2O2. The molecule has 0 unspecified atom stereocenters. The standard InChI is InChI=1S/C21H25ClN2O2/c1-13(2)17-6-8-18(9-7-17)16(5)23-24-20(25)12-26-19-10-14(3)21(22)15(4)11-19/h6-11,13H,12H2,1-5H3,(H,24,25). The Morgan fingerprint density at radius 1 is 1.15 bits per heavy atom. The lowest BCUT2D eigenvalue weighted by molar-refractivity contribution is -0.123. The molecule has 5 heteroatoms. The Morgan fingerprint density at radius 2 is 1.73 bits per heavy atom. The predicted octanol–water partition coefficient (Wildman–Crippen LogP) is 5.00. The maximum absolute atomic E-state index is 12.0. The zero-order chi connectivity index (χ0) is 19.3. The van der Waals surface area contributed by atoms with E-state index in [1.165, 1.54) is 5.56 Å². The SMILES string of the molecule is CC(=NNC(=O)COc1cc(C)c(Cl)c(C)c1)c1ccc(C(C)C)cc1. The lowest BCUT2D eigenvalue weighted by atomic mass is 10.0. The molecule has 2 aromatic rings. The van der Waals surface area contributed by atoms with Gasteiger partial charge >= 0.3 is 0 Å². The number of hydrogen-bond acceptors (Lipinski definition) is 3. The summed E-state index contributed by atoms with van der Waals surface area (Å²) in [6.07, 6.45) is 0. The van der Waals surface area contributed by atoms with Crippen molar-refractivity contribution in [2.24, 2.45) is 5.10 Å². The summed E-state index contributed by atoms with van der Waals surface area (Å²) < 4.78 is 5.52. The molecule has 0 atom stereocenters. The van der Waals surface area contributed by atoms with Crippen LogP contribution in [0.4, 0.5) is 0 Å². The van der Waals surface area contributed by atoms with E-state index in [-0.39, 0.29) is 12.5 Å². The van der Waals surface area contributed by atoms with Gasteiger partial charge in [-0.1, -0.05) is 49.7 Å². The van der Waals surface area contributed by atoms with E-state index in [0.717, 1.165) is 22.4 Å². The monoisotopic (exact) mass is 372 g/mol. The molecule has 2 aromatic carbocycles. The smallest absolute Gasteiger partial charge is 0.277 e. The van der Waals surface area contributed by atoms with E-state index in [0.29, 0.717) is 16.7 Å². The number of nitrogens with one attached hydrogen (secondary N) is 1. The van der Waals surface area contributed by atoms with Crippen molar-refractivity contribution in [1.82, 2.24) is 5.43 Å². The highest BCUT2D eigenvalue weighted by atomic mass is 35.5. The van der Waals surface area contributed by atoms with Gasteiger partial charge in [0.05, 0.1) is 5.71 Å². The highest BCUT2D eigenvalue weighted by Gasteiger charge is 2.07. The summed E-state index contributed by atoms with van der Waals surface area (Å²) in [6, 6.07) is 11.8. The van der Waals surface area contributed by atoms with Crippen LogP contribution < -0.4 is 10.2 Å². The van der Waals surface area contributed by atoms with Crippen LogP contribution in [0.15, 0.2) is 41.5 Å². The molecule has 138 valence electrons. The van der Waals surface area contributed by atoms with Gasteiger partial charge in [0.15, 0.2) is 6.61 Å². The van der Waals surface area contributed by atoms with Gasteiger partial charge in [0.1, 0.15) is 5.75 Å². The van der Waals surface area contributed by atoms with Gasteiger partial charge in [-0.15, -0.1) is 0 Å². The molecule has 0 fully saturated rings. The first-order valence-corrected chi connectivity index (χ1v) is 8.98. The molecule has 26 heavy (non-hydrogen) atoms. The van der Waals surface area contributed by atoms with E-state index in [1.54, 1.807) is 0 Å². The van der Waals surface area contributed by atoms with E-state index in [2.05, 4.69) is 36.5 Å². The zero-order valence-electron chi connectivity index (χ0n) is 15.9. The van der Waals surface area contributed by atoms with Crippen molar-refractivity contribution < 1.29 is 9.53 Å². The van der Waals surface area contributed by atoms with Crippen LogP contribution in [-0.4, -0.2) is 18.2 Å². The van der Waals surface area contributed by atoms with Crippen LogP contribution in [0.5, 0.6) is 5.75 Å². The summed E-state index contributed by atoms with van der Waals surface area (Å²) in [4.78, 5) is 12.0. The molecule has 1 amide bonds. The van der Waals surface area contributed by atoms with Gasteiger partial charge in [-0.2, -0.15) is 5.10 Å². The molecule has 0 aliphatic heterocycles. The number of ether oxygens (including phenoxy) is 1. The summed E-state index contributed by atoms with van der Waals surface area (Å²) in [5.41, 5.74) is 7.35. The Bertz CT molecular complexity index is 788. The van der Waals surface area contributed by atoms with E-state index in [4.69, 9.17) is 16.3 Å². The van der Waals surface area contributed by atoms with Crippen molar-refractivity contribution in [2.75, 3.05) is 6.61 Å². The molecular weight excluding hydrogens is 348 g/mol. The van der Waals surface area contributed by atoms with Gasteiger partial charge in [-0.3, -0.25) is 4.79 Å². The first-order valence-electron chi connectivity index (χ1n) is 8.61. The minimum atomic E-state index is -0.312. The summed E-state index contributed by atoms with van der Waals surface area (Å²) in [6.45, 7) is 9.86. The molecule has 0 bridgehead atoms. The number of benzene rings is 2. The molecule has 0 saturated heterocycles. The molecule has 0 aromatic heterocycles. The van der Waals surface area contributed by atoms with Crippen molar-refractivity contribution in [1.29, 1.82) is 0 Å². The number of nitrogens with zero attached hydrogens (tertiary/aromatic N) is 1. The van der Waals surface area contributed by atoms with Crippen molar-refractivity contribution >= 4 is 23.2 Å². The Labute approximate surface area is 160 Å². The molecule has 0 heterocycles. The third-order valence-electron chi connectivity index (χ3n) is 4.12. The fraction of sp³-hybridized carbons (Fsp3) is 0.333. The van der Waals surface area contributed by atoms with Crippen LogP contribution in [0, 0.1) is 13.8 Å². The Hall–Kier alpha value is -2.33. The van der Waals surface area contributed by atoms with Gasteiger partial charge < -0.3 is 4.74 Å². The molecule has 1 N–H and O–H groups in total. The quantitative estimate of drug-likeness (QED) is 0.573. The van der Waals surface area contributed by atoms with Crippen LogP contribution >= 0.6 is 11.6 Å². The summed E-state index contributed by atoms with van der Waals surface area (Å²) in [7, 11) is 0. The van der Waals surface area contributed by atoms with Gasteiger partial charge in [0.2, 0.25) is 0 Å². The summed E-state index contributed by atoms with van der Waals surface area (Å²) >= 11 is 6.13. The Morgan fingerprint density at radius 3 is 2.27 bits per heavy atom. The molecule has 0 aliphatic carbocycles. The van der Waals surface area contributed by atoms with Crippen molar-refractivity contribution in [2.45, 2.75) is 40.5 Å². The zero-order valence-corrected chi connectivity index (χ0v) is 16.6. The number of hydrogen-bond donors (Lipinski definition) is 1. The minimum absolute atomic E-state index is 0.108. The Balaban J connectivity index is 1.92. The second-order valence-corrected chi connectivity index (χ2v) is 7.05. The molecule has 4 nitrogen and oxygen atoms in total. The molecule has 2 rings (SSSR count). The van der Waals surface area contributed by atoms with Crippen LogP contribution in [0.2, 0.25) is 5.02 Å². The molecule has 0 spiro atoms. The highest BCUT2D eigenvalue weighted by molar-refractivity contribution is 6.32. The van der Waals surface area contributed by atoms with Gasteiger partial charge in [0, 0.05) is 5.02 Å². The fourth-order valence-electron chi connectivity index (χ4n) is 2.49.